The van der Waals surface area contributed by atoms with E-state index in [-0.39, 0.29) is 6.04 Å². The maximum atomic E-state index is 6.12. The molecule has 1 heterocycles. The second-order valence-electron chi connectivity index (χ2n) is 4.97. The van der Waals surface area contributed by atoms with Crippen molar-refractivity contribution in [1.29, 1.82) is 0 Å². The molecule has 1 aliphatic carbocycles. The van der Waals surface area contributed by atoms with Crippen molar-refractivity contribution in [3.05, 3.63) is 11.6 Å². The Morgan fingerprint density at radius 3 is 2.67 bits per heavy atom. The van der Waals surface area contributed by atoms with Crippen molar-refractivity contribution in [2.45, 2.75) is 39.2 Å². The molecule has 0 saturated heterocycles. The van der Waals surface area contributed by atoms with E-state index in [2.05, 4.69) is 23.9 Å². The molecule has 1 aromatic rings. The van der Waals surface area contributed by atoms with Gasteiger partial charge in [-0.25, -0.2) is 4.98 Å². The summed E-state index contributed by atoms with van der Waals surface area (Å²) < 4.78 is 1.85. The van der Waals surface area contributed by atoms with Crippen LogP contribution >= 0.6 is 0 Å². The predicted octanol–water partition coefficient (Wildman–Crippen LogP) is 1.42. The third kappa shape index (κ3) is 2.37. The van der Waals surface area contributed by atoms with E-state index in [1.807, 2.05) is 11.7 Å². The molecule has 0 spiro atoms. The number of hydrogen-bond donors (Lipinski definition) is 1. The van der Waals surface area contributed by atoms with Gasteiger partial charge < -0.3 is 5.73 Å². The summed E-state index contributed by atoms with van der Waals surface area (Å²) in [7, 11) is 1.94. The van der Waals surface area contributed by atoms with E-state index in [1.54, 1.807) is 0 Å². The van der Waals surface area contributed by atoms with Crippen molar-refractivity contribution < 1.29 is 0 Å². The van der Waals surface area contributed by atoms with Crippen LogP contribution in [0.4, 0.5) is 0 Å². The Kier molecular flexibility index (Phi) is 2.78. The SMILES string of the molecule is CC(C)Cc1nc(C(N)C2CC2)n(C)n1. The van der Waals surface area contributed by atoms with Crippen LogP contribution in [-0.2, 0) is 13.5 Å². The molecule has 2 N–H and O–H groups in total. The minimum absolute atomic E-state index is 0.0865. The Morgan fingerprint density at radius 1 is 1.47 bits per heavy atom. The summed E-state index contributed by atoms with van der Waals surface area (Å²) in [5.74, 6) is 3.11. The van der Waals surface area contributed by atoms with Crippen LogP contribution < -0.4 is 5.73 Å². The molecule has 15 heavy (non-hydrogen) atoms. The van der Waals surface area contributed by atoms with E-state index in [0.717, 1.165) is 18.1 Å². The second kappa shape index (κ2) is 3.93. The zero-order chi connectivity index (χ0) is 11.0. The first-order valence-electron chi connectivity index (χ1n) is 5.73. The molecular weight excluding hydrogens is 188 g/mol. The van der Waals surface area contributed by atoms with Gasteiger partial charge in [-0.05, 0) is 24.7 Å². The second-order valence-corrected chi connectivity index (χ2v) is 4.97. The van der Waals surface area contributed by atoms with Crippen molar-refractivity contribution in [3.8, 4) is 0 Å². The lowest BCUT2D eigenvalue weighted by Crippen LogP contribution is -2.17. The molecule has 4 heteroatoms. The Labute approximate surface area is 90.9 Å². The highest BCUT2D eigenvalue weighted by Crippen LogP contribution is 2.38. The number of hydrogen-bond acceptors (Lipinski definition) is 3. The van der Waals surface area contributed by atoms with Gasteiger partial charge in [0, 0.05) is 13.5 Å². The van der Waals surface area contributed by atoms with Gasteiger partial charge in [0.2, 0.25) is 0 Å². The van der Waals surface area contributed by atoms with E-state index in [9.17, 15) is 0 Å². The van der Waals surface area contributed by atoms with Gasteiger partial charge in [0.05, 0.1) is 6.04 Å². The smallest absolute Gasteiger partial charge is 0.151 e. The molecule has 1 unspecified atom stereocenters. The zero-order valence-electron chi connectivity index (χ0n) is 9.77. The molecule has 0 aromatic carbocycles. The minimum atomic E-state index is 0.0865. The molecule has 1 saturated carbocycles. The van der Waals surface area contributed by atoms with Gasteiger partial charge in [-0.1, -0.05) is 13.8 Å². The summed E-state index contributed by atoms with van der Waals surface area (Å²) >= 11 is 0. The topological polar surface area (TPSA) is 56.7 Å². The molecule has 0 amide bonds. The summed E-state index contributed by atoms with van der Waals surface area (Å²) in [6, 6.07) is 0.0865. The van der Waals surface area contributed by atoms with Crippen molar-refractivity contribution in [2.75, 3.05) is 0 Å². The maximum absolute atomic E-state index is 6.12. The van der Waals surface area contributed by atoms with E-state index in [0.29, 0.717) is 11.8 Å². The molecule has 84 valence electrons. The van der Waals surface area contributed by atoms with Crippen molar-refractivity contribution in [3.63, 3.8) is 0 Å². The van der Waals surface area contributed by atoms with E-state index in [1.165, 1.54) is 12.8 Å². The third-order valence-electron chi connectivity index (χ3n) is 2.86. The average Bonchev–Trinajstić information content (AvgIpc) is 2.90. The zero-order valence-corrected chi connectivity index (χ0v) is 9.77. The van der Waals surface area contributed by atoms with Crippen LogP contribution in [0.1, 0.15) is 44.4 Å². The number of rotatable bonds is 4. The van der Waals surface area contributed by atoms with E-state index >= 15 is 0 Å². The number of aryl methyl sites for hydroxylation is 1. The van der Waals surface area contributed by atoms with Gasteiger partial charge in [0.25, 0.3) is 0 Å². The normalized spacial score (nSPS) is 18.5. The lowest BCUT2D eigenvalue weighted by Gasteiger charge is -2.07. The monoisotopic (exact) mass is 208 g/mol. The summed E-state index contributed by atoms with van der Waals surface area (Å²) in [4.78, 5) is 4.54. The van der Waals surface area contributed by atoms with Gasteiger partial charge in [-0.15, -0.1) is 0 Å². The van der Waals surface area contributed by atoms with Gasteiger partial charge >= 0.3 is 0 Å². The molecular formula is C11H20N4. The van der Waals surface area contributed by atoms with Crippen molar-refractivity contribution in [1.82, 2.24) is 14.8 Å². The van der Waals surface area contributed by atoms with Gasteiger partial charge in [0.15, 0.2) is 5.82 Å². The first-order chi connectivity index (χ1) is 7.08. The largest absolute Gasteiger partial charge is 0.321 e. The molecule has 1 atom stereocenters. The van der Waals surface area contributed by atoms with Crippen LogP contribution in [0.25, 0.3) is 0 Å². The van der Waals surface area contributed by atoms with Crippen molar-refractivity contribution >= 4 is 0 Å². The maximum Gasteiger partial charge on any atom is 0.151 e. The number of aromatic nitrogens is 3. The molecule has 2 rings (SSSR count). The Balaban J connectivity index is 2.13. The van der Waals surface area contributed by atoms with Crippen LogP contribution in [0.5, 0.6) is 0 Å². The van der Waals surface area contributed by atoms with Gasteiger partial charge in [0.1, 0.15) is 5.82 Å². The summed E-state index contributed by atoms with van der Waals surface area (Å²) in [5, 5.41) is 4.41. The molecule has 0 radical (unpaired) electrons. The first kappa shape index (κ1) is 10.6. The Hall–Kier alpha value is -0.900. The summed E-state index contributed by atoms with van der Waals surface area (Å²) in [5.41, 5.74) is 6.12. The van der Waals surface area contributed by atoms with Gasteiger partial charge in [-0.3, -0.25) is 4.68 Å². The van der Waals surface area contributed by atoms with E-state index in [4.69, 9.17) is 5.73 Å². The molecule has 4 nitrogen and oxygen atoms in total. The van der Waals surface area contributed by atoms with Crippen LogP contribution in [0.3, 0.4) is 0 Å². The van der Waals surface area contributed by atoms with Crippen molar-refractivity contribution in [2.24, 2.45) is 24.6 Å². The Bertz CT molecular complexity index is 338. The first-order valence-corrected chi connectivity index (χ1v) is 5.73. The molecule has 0 aliphatic heterocycles. The quantitative estimate of drug-likeness (QED) is 0.814. The lowest BCUT2D eigenvalue weighted by atomic mass is 10.1. The lowest BCUT2D eigenvalue weighted by molar-refractivity contribution is 0.551. The highest BCUT2D eigenvalue weighted by Gasteiger charge is 2.32. The fraction of sp³-hybridized carbons (Fsp3) is 0.818. The fourth-order valence-corrected chi connectivity index (χ4v) is 1.86. The highest BCUT2D eigenvalue weighted by atomic mass is 15.3. The average molecular weight is 208 g/mol. The molecule has 0 bridgehead atoms. The van der Waals surface area contributed by atoms with E-state index < -0.39 is 0 Å². The summed E-state index contributed by atoms with van der Waals surface area (Å²) in [6.45, 7) is 4.35. The molecule has 1 aromatic heterocycles. The predicted molar refractivity (Wildman–Crippen MR) is 59.2 cm³/mol. The Morgan fingerprint density at radius 2 is 2.13 bits per heavy atom. The standard InChI is InChI=1S/C11H20N4/c1-7(2)6-9-13-11(15(3)14-9)10(12)8-4-5-8/h7-8,10H,4-6,12H2,1-3H3. The molecule has 1 aliphatic rings. The third-order valence-corrected chi connectivity index (χ3v) is 2.86. The highest BCUT2D eigenvalue weighted by molar-refractivity contribution is 5.03. The molecule has 1 fully saturated rings. The number of nitrogens with zero attached hydrogens (tertiary/aromatic N) is 3. The fourth-order valence-electron chi connectivity index (χ4n) is 1.86. The van der Waals surface area contributed by atoms with Crippen LogP contribution in [0.2, 0.25) is 0 Å². The number of nitrogens with two attached hydrogens (primary N) is 1. The van der Waals surface area contributed by atoms with Crippen LogP contribution in [0, 0.1) is 11.8 Å². The minimum Gasteiger partial charge on any atom is -0.321 e. The van der Waals surface area contributed by atoms with Crippen LogP contribution in [-0.4, -0.2) is 14.8 Å². The van der Waals surface area contributed by atoms with Crippen LogP contribution in [0.15, 0.2) is 0 Å². The van der Waals surface area contributed by atoms with Gasteiger partial charge in [-0.2, -0.15) is 5.10 Å². The summed E-state index contributed by atoms with van der Waals surface area (Å²) in [6.07, 6.45) is 3.42.